The van der Waals surface area contributed by atoms with Crippen LogP contribution in [0, 0.1) is 0 Å². The summed E-state index contributed by atoms with van der Waals surface area (Å²) in [6.07, 6.45) is -10.7. The minimum absolute atomic E-state index is 0.0489. The highest BCUT2D eigenvalue weighted by Crippen LogP contribution is 2.34. The monoisotopic (exact) mass is 772 g/mol. The second-order valence-corrected chi connectivity index (χ2v) is 13.0. The Kier molecular flexibility index (Phi) is 16.1. The fourth-order valence-electron chi connectivity index (χ4n) is 6.25. The molecule has 2 N–H and O–H groups in total. The maximum atomic E-state index is 12.8. The van der Waals surface area contributed by atoms with Crippen LogP contribution >= 0.6 is 0 Å². The molecule has 17 nitrogen and oxygen atoms in total. The molecular weight excluding hydrogens is 724 g/mol. The molecule has 0 aliphatic carbocycles. The smallest absolute Gasteiger partial charge is 0.303 e. The van der Waals surface area contributed by atoms with E-state index in [0.29, 0.717) is 0 Å². The molecule has 10 atom stereocenters. The first-order valence-electron chi connectivity index (χ1n) is 17.6. The molecule has 0 saturated carbocycles. The van der Waals surface area contributed by atoms with Crippen molar-refractivity contribution in [3.63, 3.8) is 0 Å². The second-order valence-electron chi connectivity index (χ2n) is 13.0. The predicted octanol–water partition coefficient (Wildman–Crippen LogP) is 1.62. The van der Waals surface area contributed by atoms with Crippen LogP contribution < -0.4 is 10.6 Å². The van der Waals surface area contributed by atoms with Crippen molar-refractivity contribution in [3.05, 3.63) is 71.8 Å². The van der Waals surface area contributed by atoms with Gasteiger partial charge in [0.25, 0.3) is 0 Å². The first kappa shape index (κ1) is 42.8. The summed E-state index contributed by atoms with van der Waals surface area (Å²) in [7, 11) is 0. The number of amides is 2. The quantitative estimate of drug-likeness (QED) is 0.184. The summed E-state index contributed by atoms with van der Waals surface area (Å²) in [5.74, 6) is -4.15. The highest BCUT2D eigenvalue weighted by Gasteiger charge is 2.56. The van der Waals surface area contributed by atoms with Gasteiger partial charge in [0.15, 0.2) is 30.9 Å². The second kappa shape index (κ2) is 20.7. The topological polar surface area (TPSA) is 210 Å². The molecule has 0 radical (unpaired) electrons. The molecular formula is C38H48N2O15. The van der Waals surface area contributed by atoms with E-state index in [0.717, 1.165) is 31.9 Å². The molecule has 300 valence electrons. The highest BCUT2D eigenvalue weighted by atomic mass is 16.7. The molecule has 2 amide bonds. The lowest BCUT2D eigenvalue weighted by molar-refractivity contribution is -0.336. The standard InChI is InChI=1S/C38H48N2O15/c1-21(41)39-31-35(51-25(5)45)34(29(19-47-17-27-13-9-7-10-14-27)53-37(31)49-18-28-15-11-8-12-16-28)55-38-32(40-22(2)42)36(52-26(6)46)33(50-24(4)44)30(54-38)20-48-23(3)43/h7-16,29-38H,17-20H2,1-6H3,(H,39,41)(H,40,42)/t29-,30-,31-,32-,33+,34+,35-,36-,37+,38+/m1/s1. The number of benzene rings is 2. The average Bonchev–Trinajstić information content (AvgIpc) is 3.11. The van der Waals surface area contributed by atoms with Gasteiger partial charge in [0.1, 0.15) is 37.0 Å². The number of hydrogen-bond acceptors (Lipinski definition) is 15. The Labute approximate surface area is 318 Å². The van der Waals surface area contributed by atoms with E-state index in [9.17, 15) is 28.8 Å². The third-order valence-corrected chi connectivity index (χ3v) is 8.33. The third kappa shape index (κ3) is 13.1. The van der Waals surface area contributed by atoms with Crippen molar-refractivity contribution in [2.24, 2.45) is 0 Å². The van der Waals surface area contributed by atoms with Gasteiger partial charge in [0.05, 0.1) is 19.8 Å². The van der Waals surface area contributed by atoms with Crippen molar-refractivity contribution in [1.29, 1.82) is 0 Å². The lowest BCUT2D eigenvalue weighted by atomic mass is 9.94. The van der Waals surface area contributed by atoms with Crippen LogP contribution in [0.1, 0.15) is 52.7 Å². The summed E-state index contributed by atoms with van der Waals surface area (Å²) in [5.41, 5.74) is 1.63. The maximum absolute atomic E-state index is 12.8. The largest absolute Gasteiger partial charge is 0.463 e. The maximum Gasteiger partial charge on any atom is 0.303 e. The van der Waals surface area contributed by atoms with Gasteiger partial charge < -0.3 is 53.3 Å². The van der Waals surface area contributed by atoms with Gasteiger partial charge >= 0.3 is 23.9 Å². The molecule has 2 heterocycles. The Bertz CT molecular complexity index is 1610. The summed E-state index contributed by atoms with van der Waals surface area (Å²) >= 11 is 0. The molecule has 2 aromatic carbocycles. The molecule has 0 unspecified atom stereocenters. The van der Waals surface area contributed by atoms with Gasteiger partial charge in [-0.05, 0) is 11.1 Å². The average molecular weight is 773 g/mol. The van der Waals surface area contributed by atoms with Crippen molar-refractivity contribution >= 4 is 35.7 Å². The van der Waals surface area contributed by atoms with E-state index in [2.05, 4.69) is 10.6 Å². The van der Waals surface area contributed by atoms with Gasteiger partial charge in [0, 0.05) is 41.5 Å². The molecule has 2 fully saturated rings. The fraction of sp³-hybridized carbons (Fsp3) is 0.526. The number of ether oxygens (including phenoxy) is 9. The third-order valence-electron chi connectivity index (χ3n) is 8.33. The van der Waals surface area contributed by atoms with Gasteiger partial charge in [-0.25, -0.2) is 0 Å². The minimum atomic E-state index is -1.58. The molecule has 2 saturated heterocycles. The van der Waals surface area contributed by atoms with Crippen molar-refractivity contribution in [3.8, 4) is 0 Å². The molecule has 55 heavy (non-hydrogen) atoms. The number of esters is 4. The van der Waals surface area contributed by atoms with E-state index in [4.69, 9.17) is 42.6 Å². The summed E-state index contributed by atoms with van der Waals surface area (Å²) in [6.45, 7) is 6.55. The van der Waals surface area contributed by atoms with E-state index < -0.39 is 104 Å². The molecule has 0 spiro atoms. The lowest BCUT2D eigenvalue weighted by Gasteiger charge is -2.49. The van der Waals surface area contributed by atoms with Crippen LogP contribution in [-0.4, -0.2) is 110 Å². The van der Waals surface area contributed by atoms with Gasteiger partial charge in [-0.15, -0.1) is 0 Å². The summed E-state index contributed by atoms with van der Waals surface area (Å²) in [6, 6.07) is 15.9. The van der Waals surface area contributed by atoms with Gasteiger partial charge in [-0.3, -0.25) is 28.8 Å². The van der Waals surface area contributed by atoms with Crippen LogP contribution in [-0.2, 0) is 84.6 Å². The molecule has 2 aromatic rings. The molecule has 0 bridgehead atoms. The van der Waals surface area contributed by atoms with Crippen LogP contribution in [0.25, 0.3) is 0 Å². The molecule has 2 aliphatic rings. The number of nitrogens with one attached hydrogen (secondary N) is 2. The minimum Gasteiger partial charge on any atom is -0.463 e. The van der Waals surface area contributed by atoms with Gasteiger partial charge in [0.2, 0.25) is 11.8 Å². The van der Waals surface area contributed by atoms with E-state index in [1.165, 1.54) is 20.8 Å². The van der Waals surface area contributed by atoms with Crippen molar-refractivity contribution in [1.82, 2.24) is 10.6 Å². The fourth-order valence-corrected chi connectivity index (χ4v) is 6.25. The first-order valence-corrected chi connectivity index (χ1v) is 17.6. The predicted molar refractivity (Wildman–Crippen MR) is 188 cm³/mol. The lowest BCUT2D eigenvalue weighted by Crippen LogP contribution is -2.70. The van der Waals surface area contributed by atoms with Gasteiger partial charge in [-0.2, -0.15) is 0 Å². The van der Waals surface area contributed by atoms with Crippen LogP contribution in [0.15, 0.2) is 60.7 Å². The van der Waals surface area contributed by atoms with Gasteiger partial charge in [-0.1, -0.05) is 60.7 Å². The summed E-state index contributed by atoms with van der Waals surface area (Å²) in [4.78, 5) is 74.7. The van der Waals surface area contributed by atoms with Crippen LogP contribution in [0.3, 0.4) is 0 Å². The normalized spacial score (nSPS) is 27.5. The number of hydrogen-bond donors (Lipinski definition) is 2. The zero-order valence-electron chi connectivity index (χ0n) is 31.5. The molecule has 17 heteroatoms. The Morgan fingerprint density at radius 2 is 1.00 bits per heavy atom. The van der Waals surface area contributed by atoms with Crippen molar-refractivity contribution < 1.29 is 71.4 Å². The first-order chi connectivity index (χ1) is 26.2. The molecule has 4 rings (SSSR count). The van der Waals surface area contributed by atoms with E-state index in [-0.39, 0.29) is 19.8 Å². The summed E-state index contributed by atoms with van der Waals surface area (Å²) in [5, 5.41) is 5.41. The van der Waals surface area contributed by atoms with Crippen molar-refractivity contribution in [2.45, 2.75) is 116 Å². The molecule has 2 aliphatic heterocycles. The Hall–Kier alpha value is -4.94. The summed E-state index contributed by atoms with van der Waals surface area (Å²) < 4.78 is 53.8. The van der Waals surface area contributed by atoms with E-state index in [1.807, 2.05) is 60.7 Å². The zero-order valence-corrected chi connectivity index (χ0v) is 31.5. The highest BCUT2D eigenvalue weighted by molar-refractivity contribution is 5.74. The van der Waals surface area contributed by atoms with E-state index >= 15 is 0 Å². The number of carbonyl (C=O) groups is 6. The van der Waals surface area contributed by atoms with Crippen LogP contribution in [0.2, 0.25) is 0 Å². The Balaban J connectivity index is 1.79. The number of carbonyl (C=O) groups excluding carboxylic acids is 6. The van der Waals surface area contributed by atoms with Crippen LogP contribution in [0.5, 0.6) is 0 Å². The Morgan fingerprint density at radius 3 is 1.51 bits per heavy atom. The van der Waals surface area contributed by atoms with Crippen LogP contribution in [0.4, 0.5) is 0 Å². The Morgan fingerprint density at radius 1 is 0.545 bits per heavy atom. The zero-order chi connectivity index (χ0) is 40.1. The van der Waals surface area contributed by atoms with Crippen molar-refractivity contribution in [2.75, 3.05) is 13.2 Å². The molecule has 0 aromatic heterocycles. The SMILES string of the molecule is CC(=O)N[C@H]1[C@H](O[C@@H]2[C@H](OC(C)=O)[C@@H](NC(C)=O)[C@@H](OCc3ccccc3)O[C@@H]2COCc2ccccc2)O[C@H](COC(C)=O)[C@H](OC(C)=O)[C@@H]1OC(C)=O. The van der Waals surface area contributed by atoms with E-state index in [1.54, 1.807) is 0 Å². The number of rotatable bonds is 16.